The molecule has 4 heteroatoms. The summed E-state index contributed by atoms with van der Waals surface area (Å²) in [6.45, 7) is 6.59. The number of aromatic nitrogens is 1. The maximum absolute atomic E-state index is 12.5. The summed E-state index contributed by atoms with van der Waals surface area (Å²) < 4.78 is 0. The summed E-state index contributed by atoms with van der Waals surface area (Å²) in [6.07, 6.45) is 3.41. The number of hydrogen-bond acceptors (Lipinski definition) is 2. The van der Waals surface area contributed by atoms with E-state index in [1.54, 1.807) is 17.2 Å². The van der Waals surface area contributed by atoms with Crippen molar-refractivity contribution in [1.29, 1.82) is 0 Å². The van der Waals surface area contributed by atoms with Crippen LogP contribution in [0.1, 0.15) is 24.2 Å². The standard InChI is InChI=1S/C18H21N3O/c1-3-12-20-18(22)21(14-16-9-5-4-6-10-16)15(2)17-11-7-8-13-19-17/h3-11,13,15H,1,12,14H2,2H3,(H,20,22)/t15-/m0/s1. The molecule has 0 saturated heterocycles. The Kier molecular flexibility index (Phi) is 5.72. The molecule has 1 N–H and O–H groups in total. The molecule has 2 rings (SSSR count). The van der Waals surface area contributed by atoms with Crippen molar-refractivity contribution in [3.63, 3.8) is 0 Å². The minimum absolute atomic E-state index is 0.119. The second-order valence-corrected chi connectivity index (χ2v) is 5.02. The zero-order valence-corrected chi connectivity index (χ0v) is 12.8. The number of carbonyl (C=O) groups excluding carboxylic acids is 1. The molecule has 0 spiro atoms. The van der Waals surface area contributed by atoms with Crippen molar-refractivity contribution in [3.05, 3.63) is 78.6 Å². The van der Waals surface area contributed by atoms with Gasteiger partial charge in [-0.15, -0.1) is 6.58 Å². The molecule has 1 aromatic heterocycles. The Balaban J connectivity index is 2.20. The Morgan fingerprint density at radius 3 is 2.64 bits per heavy atom. The van der Waals surface area contributed by atoms with Gasteiger partial charge in [-0.3, -0.25) is 4.98 Å². The molecule has 1 aromatic carbocycles. The van der Waals surface area contributed by atoms with Gasteiger partial charge in [-0.1, -0.05) is 42.5 Å². The monoisotopic (exact) mass is 295 g/mol. The molecule has 0 unspecified atom stereocenters. The summed E-state index contributed by atoms with van der Waals surface area (Å²) in [5.74, 6) is 0. The Hall–Kier alpha value is -2.62. The molecule has 22 heavy (non-hydrogen) atoms. The van der Waals surface area contributed by atoms with Crippen molar-refractivity contribution in [2.75, 3.05) is 6.54 Å². The van der Waals surface area contributed by atoms with Crippen LogP contribution in [-0.2, 0) is 6.54 Å². The van der Waals surface area contributed by atoms with Crippen LogP contribution in [0, 0.1) is 0 Å². The van der Waals surface area contributed by atoms with E-state index >= 15 is 0 Å². The van der Waals surface area contributed by atoms with Crippen LogP contribution in [0.25, 0.3) is 0 Å². The third-order valence-corrected chi connectivity index (χ3v) is 3.44. The first kappa shape index (κ1) is 15.8. The number of nitrogens with one attached hydrogen (secondary N) is 1. The average Bonchev–Trinajstić information content (AvgIpc) is 2.58. The number of carbonyl (C=O) groups is 1. The Morgan fingerprint density at radius 2 is 2.00 bits per heavy atom. The molecule has 0 radical (unpaired) electrons. The lowest BCUT2D eigenvalue weighted by atomic mass is 10.1. The first-order valence-corrected chi connectivity index (χ1v) is 7.32. The summed E-state index contributed by atoms with van der Waals surface area (Å²) in [5.41, 5.74) is 1.95. The first-order valence-electron chi connectivity index (χ1n) is 7.32. The maximum atomic E-state index is 12.5. The highest BCUT2D eigenvalue weighted by molar-refractivity contribution is 5.74. The van der Waals surface area contributed by atoms with Gasteiger partial charge >= 0.3 is 6.03 Å². The highest BCUT2D eigenvalue weighted by Crippen LogP contribution is 2.20. The summed E-state index contributed by atoms with van der Waals surface area (Å²) in [5, 5.41) is 2.84. The lowest BCUT2D eigenvalue weighted by molar-refractivity contribution is 0.175. The minimum Gasteiger partial charge on any atom is -0.335 e. The Morgan fingerprint density at radius 1 is 1.27 bits per heavy atom. The molecule has 0 saturated carbocycles. The van der Waals surface area contributed by atoms with Crippen LogP contribution in [0.5, 0.6) is 0 Å². The van der Waals surface area contributed by atoms with Crippen molar-refractivity contribution in [3.8, 4) is 0 Å². The van der Waals surface area contributed by atoms with E-state index in [-0.39, 0.29) is 12.1 Å². The van der Waals surface area contributed by atoms with Gasteiger partial charge in [-0.25, -0.2) is 4.79 Å². The molecule has 0 bridgehead atoms. The van der Waals surface area contributed by atoms with Crippen LogP contribution in [0.2, 0.25) is 0 Å². The number of amides is 2. The van der Waals surface area contributed by atoms with Crippen molar-refractivity contribution in [1.82, 2.24) is 15.2 Å². The second-order valence-electron chi connectivity index (χ2n) is 5.02. The second kappa shape index (κ2) is 7.98. The van der Waals surface area contributed by atoms with Crippen LogP contribution in [0.4, 0.5) is 4.79 Å². The summed E-state index contributed by atoms with van der Waals surface area (Å²) >= 11 is 0. The normalized spacial score (nSPS) is 11.5. The molecular formula is C18H21N3O. The third kappa shape index (κ3) is 4.19. The highest BCUT2D eigenvalue weighted by atomic mass is 16.2. The molecule has 4 nitrogen and oxygen atoms in total. The van der Waals surface area contributed by atoms with E-state index in [2.05, 4.69) is 16.9 Å². The van der Waals surface area contributed by atoms with Gasteiger partial charge in [0, 0.05) is 19.3 Å². The van der Waals surface area contributed by atoms with Crippen LogP contribution in [-0.4, -0.2) is 22.5 Å². The number of benzene rings is 1. The van der Waals surface area contributed by atoms with Gasteiger partial charge in [0.1, 0.15) is 0 Å². The van der Waals surface area contributed by atoms with Gasteiger partial charge < -0.3 is 10.2 Å². The first-order chi connectivity index (χ1) is 10.7. The molecule has 0 aliphatic heterocycles. The zero-order chi connectivity index (χ0) is 15.8. The van der Waals surface area contributed by atoms with E-state index in [9.17, 15) is 4.79 Å². The maximum Gasteiger partial charge on any atom is 0.318 e. The lowest BCUT2D eigenvalue weighted by Crippen LogP contribution is -2.41. The van der Waals surface area contributed by atoms with Gasteiger partial charge in [0.05, 0.1) is 11.7 Å². The van der Waals surface area contributed by atoms with Crippen LogP contribution in [0.15, 0.2) is 67.4 Å². The van der Waals surface area contributed by atoms with Gasteiger partial charge in [-0.2, -0.15) is 0 Å². The van der Waals surface area contributed by atoms with Gasteiger partial charge in [-0.05, 0) is 24.6 Å². The number of urea groups is 1. The van der Waals surface area contributed by atoms with Gasteiger partial charge in [0.25, 0.3) is 0 Å². The fraction of sp³-hybridized carbons (Fsp3) is 0.222. The Bertz CT molecular complexity index is 598. The Labute approximate surface area is 131 Å². The minimum atomic E-state index is -0.123. The van der Waals surface area contributed by atoms with Gasteiger partial charge in [0.15, 0.2) is 0 Å². The van der Waals surface area contributed by atoms with E-state index in [1.165, 1.54) is 0 Å². The van der Waals surface area contributed by atoms with Crippen molar-refractivity contribution >= 4 is 6.03 Å². The van der Waals surface area contributed by atoms with E-state index in [0.29, 0.717) is 13.1 Å². The molecule has 0 fully saturated rings. The lowest BCUT2D eigenvalue weighted by Gasteiger charge is -2.29. The molecule has 2 aromatic rings. The molecule has 1 atom stereocenters. The van der Waals surface area contributed by atoms with E-state index in [4.69, 9.17) is 0 Å². The van der Waals surface area contributed by atoms with Crippen molar-refractivity contribution in [2.24, 2.45) is 0 Å². The van der Waals surface area contributed by atoms with Crippen molar-refractivity contribution in [2.45, 2.75) is 19.5 Å². The van der Waals surface area contributed by atoms with Gasteiger partial charge in [0.2, 0.25) is 0 Å². The van der Waals surface area contributed by atoms with E-state index in [0.717, 1.165) is 11.3 Å². The number of pyridine rings is 1. The summed E-state index contributed by atoms with van der Waals surface area (Å²) in [4.78, 5) is 18.6. The highest BCUT2D eigenvalue weighted by Gasteiger charge is 2.22. The number of nitrogens with zero attached hydrogens (tertiary/aromatic N) is 2. The molecule has 2 amide bonds. The topological polar surface area (TPSA) is 45.2 Å². The third-order valence-electron chi connectivity index (χ3n) is 3.44. The van der Waals surface area contributed by atoms with E-state index in [1.807, 2.05) is 55.5 Å². The fourth-order valence-corrected chi connectivity index (χ4v) is 2.21. The van der Waals surface area contributed by atoms with Crippen molar-refractivity contribution < 1.29 is 4.79 Å². The van der Waals surface area contributed by atoms with Crippen LogP contribution >= 0.6 is 0 Å². The largest absolute Gasteiger partial charge is 0.335 e. The molecule has 0 aliphatic rings. The van der Waals surface area contributed by atoms with E-state index < -0.39 is 0 Å². The average molecular weight is 295 g/mol. The fourth-order valence-electron chi connectivity index (χ4n) is 2.21. The quantitative estimate of drug-likeness (QED) is 0.828. The predicted molar refractivity (Wildman–Crippen MR) is 88.2 cm³/mol. The summed E-state index contributed by atoms with van der Waals surface area (Å²) in [7, 11) is 0. The number of hydrogen-bond donors (Lipinski definition) is 1. The van der Waals surface area contributed by atoms with Crippen LogP contribution < -0.4 is 5.32 Å². The predicted octanol–water partition coefficient (Wildman–Crippen LogP) is 3.54. The number of rotatable bonds is 6. The SMILES string of the molecule is C=CCNC(=O)N(Cc1ccccc1)[C@@H](C)c1ccccn1. The zero-order valence-electron chi connectivity index (χ0n) is 12.8. The smallest absolute Gasteiger partial charge is 0.318 e. The molecule has 1 heterocycles. The van der Waals surface area contributed by atoms with Crippen LogP contribution in [0.3, 0.4) is 0 Å². The molecule has 0 aliphatic carbocycles. The molecule has 114 valence electrons. The summed E-state index contributed by atoms with van der Waals surface area (Å²) in [6, 6.07) is 15.4. The molecular weight excluding hydrogens is 274 g/mol.